The van der Waals surface area contributed by atoms with Gasteiger partial charge in [0.1, 0.15) is 0 Å². The van der Waals surface area contributed by atoms with Gasteiger partial charge in [0, 0.05) is 38.3 Å². The molecule has 8 nitrogen and oxygen atoms in total. The van der Waals surface area contributed by atoms with Crippen LogP contribution in [0, 0.1) is 0 Å². The largest absolute Gasteiger partial charge is 0.478 e. The highest BCUT2D eigenvalue weighted by atomic mass is 16.6. The van der Waals surface area contributed by atoms with Crippen molar-refractivity contribution >= 4 is 18.0 Å². The molecule has 1 aliphatic heterocycles. The smallest absolute Gasteiger partial charge is 0.409 e. The molecule has 1 heterocycles. The van der Waals surface area contributed by atoms with Gasteiger partial charge in [-0.25, -0.2) is 14.4 Å². The summed E-state index contributed by atoms with van der Waals surface area (Å²) in [5.74, 6) is -2.51. The van der Waals surface area contributed by atoms with Crippen molar-refractivity contribution in [3.8, 4) is 0 Å². The number of ether oxygens (including phenoxy) is 1. The van der Waals surface area contributed by atoms with Crippen LogP contribution >= 0.6 is 0 Å². The molecule has 1 amide bonds. The number of amides is 1. The van der Waals surface area contributed by atoms with Gasteiger partial charge in [-0.1, -0.05) is 55.0 Å². The number of hydrogen-bond acceptors (Lipinski definition) is 5. The lowest BCUT2D eigenvalue weighted by Gasteiger charge is -2.39. The van der Waals surface area contributed by atoms with Crippen molar-refractivity contribution in [2.24, 2.45) is 0 Å². The second-order valence-electron chi connectivity index (χ2n) is 9.13. The van der Waals surface area contributed by atoms with Crippen LogP contribution in [-0.2, 0) is 27.2 Å². The zero-order valence-electron chi connectivity index (χ0n) is 21.3. The van der Waals surface area contributed by atoms with Crippen LogP contribution in [0.15, 0.2) is 60.7 Å². The number of piperazine rings is 1. The van der Waals surface area contributed by atoms with E-state index in [-0.39, 0.29) is 12.1 Å². The van der Waals surface area contributed by atoms with Crippen LogP contribution in [0.4, 0.5) is 4.79 Å². The first-order chi connectivity index (χ1) is 17.9. The Morgan fingerprint density at radius 2 is 1.46 bits per heavy atom. The zero-order chi connectivity index (χ0) is 26.6. The number of aryl methyl sites for hydroxylation is 2. The fourth-order valence-corrected chi connectivity index (χ4v) is 4.87. The predicted octanol–water partition coefficient (Wildman–Crippen LogP) is 4.53. The number of rotatable bonds is 6. The summed E-state index contributed by atoms with van der Waals surface area (Å²) in [5.41, 5.74) is 5.77. The van der Waals surface area contributed by atoms with E-state index < -0.39 is 11.9 Å². The molecule has 8 heteroatoms. The monoisotopic (exact) mass is 508 g/mol. The zero-order valence-corrected chi connectivity index (χ0v) is 21.3. The summed E-state index contributed by atoms with van der Waals surface area (Å²) < 4.78 is 5.19. The molecule has 2 aliphatic rings. The molecule has 2 N–H and O–H groups in total. The molecule has 2 aromatic carbocycles. The highest BCUT2D eigenvalue weighted by molar-refractivity contribution is 5.89. The molecule has 1 unspecified atom stereocenters. The summed E-state index contributed by atoms with van der Waals surface area (Å²) in [6.45, 7) is 5.43. The first-order valence-corrected chi connectivity index (χ1v) is 12.9. The number of carboxylic acid groups (broad SMARTS) is 2. The van der Waals surface area contributed by atoms with E-state index in [1.54, 1.807) is 0 Å². The Kier molecular flexibility index (Phi) is 10.7. The Bertz CT molecular complexity index is 1060. The molecule has 0 radical (unpaired) electrons. The van der Waals surface area contributed by atoms with Gasteiger partial charge in [0.05, 0.1) is 12.6 Å². The van der Waals surface area contributed by atoms with Crippen molar-refractivity contribution in [2.45, 2.75) is 45.1 Å². The van der Waals surface area contributed by atoms with Crippen LogP contribution < -0.4 is 0 Å². The van der Waals surface area contributed by atoms with E-state index in [0.29, 0.717) is 31.8 Å². The van der Waals surface area contributed by atoms with Crippen molar-refractivity contribution in [3.63, 3.8) is 0 Å². The minimum atomic E-state index is -1.26. The van der Waals surface area contributed by atoms with Crippen molar-refractivity contribution < 1.29 is 29.3 Å². The van der Waals surface area contributed by atoms with Gasteiger partial charge in [-0.05, 0) is 54.9 Å². The van der Waals surface area contributed by atoms with E-state index in [9.17, 15) is 14.4 Å². The average molecular weight is 509 g/mol. The third kappa shape index (κ3) is 8.46. The van der Waals surface area contributed by atoms with Gasteiger partial charge in [0.15, 0.2) is 0 Å². The van der Waals surface area contributed by atoms with Gasteiger partial charge >= 0.3 is 18.0 Å². The Morgan fingerprint density at radius 1 is 0.838 bits per heavy atom. The summed E-state index contributed by atoms with van der Waals surface area (Å²) in [5, 5.41) is 15.6. The van der Waals surface area contributed by atoms with Crippen molar-refractivity contribution in [1.29, 1.82) is 0 Å². The minimum Gasteiger partial charge on any atom is -0.478 e. The standard InChI is InChI=1S/C25H32N2O2.C4H4O4/c1-2-29-25(28)27-17-15-26(16-18-27)24(21-10-6-4-7-11-21)23-14-13-20-9-5-3-8-12-22(20)19-23;5-3(6)1-2-4(7)8/h4,6-7,10-11,13-14,19,24H,2-3,5,8-9,12,15-18H2,1H3;1-2H,(H,5,6)(H,7,8)/b;2-1-. The Labute approximate surface area is 218 Å². The molecule has 198 valence electrons. The van der Waals surface area contributed by atoms with E-state index >= 15 is 0 Å². The topological polar surface area (TPSA) is 107 Å². The molecule has 0 spiro atoms. The van der Waals surface area contributed by atoms with Crippen molar-refractivity contribution in [3.05, 3.63) is 82.9 Å². The minimum absolute atomic E-state index is 0.187. The van der Waals surface area contributed by atoms with E-state index in [1.165, 1.54) is 54.4 Å². The van der Waals surface area contributed by atoms with Gasteiger partial charge in [-0.3, -0.25) is 4.90 Å². The summed E-state index contributed by atoms with van der Waals surface area (Å²) in [6.07, 6.45) is 7.28. The van der Waals surface area contributed by atoms with E-state index in [2.05, 4.69) is 53.4 Å². The average Bonchev–Trinajstić information content (AvgIpc) is 3.14. The van der Waals surface area contributed by atoms with E-state index in [0.717, 1.165) is 13.1 Å². The van der Waals surface area contributed by atoms with Crippen LogP contribution in [0.2, 0.25) is 0 Å². The number of carbonyl (C=O) groups is 3. The molecule has 1 saturated heterocycles. The molecular weight excluding hydrogens is 472 g/mol. The first kappa shape index (κ1) is 27.9. The lowest BCUT2D eigenvalue weighted by molar-refractivity contribution is -0.134. The summed E-state index contributed by atoms with van der Waals surface area (Å²) in [6, 6.07) is 18.2. The molecule has 0 bridgehead atoms. The van der Waals surface area contributed by atoms with Crippen LogP contribution in [0.1, 0.15) is 54.5 Å². The second kappa shape index (κ2) is 14.2. The molecule has 0 saturated carbocycles. The molecule has 37 heavy (non-hydrogen) atoms. The number of aliphatic carboxylic acids is 2. The van der Waals surface area contributed by atoms with Crippen LogP contribution in [-0.4, -0.2) is 70.8 Å². The SMILES string of the molecule is CCOC(=O)N1CCN(C(c2ccccc2)c2ccc3c(c2)CCCCC3)CC1.O=C(O)/C=C\C(=O)O. The number of benzene rings is 2. The molecule has 1 aliphatic carbocycles. The maximum absolute atomic E-state index is 12.1. The molecule has 4 rings (SSSR count). The molecule has 2 aromatic rings. The molecule has 1 fully saturated rings. The van der Waals surface area contributed by atoms with Gasteiger partial charge in [-0.15, -0.1) is 0 Å². The normalized spacial score (nSPS) is 16.6. The molecule has 1 atom stereocenters. The number of fused-ring (bicyclic) bond motifs is 1. The highest BCUT2D eigenvalue weighted by Crippen LogP contribution is 2.32. The van der Waals surface area contributed by atoms with Gasteiger partial charge in [0.2, 0.25) is 0 Å². The van der Waals surface area contributed by atoms with Crippen LogP contribution in [0.5, 0.6) is 0 Å². The molecule has 0 aromatic heterocycles. The Morgan fingerprint density at radius 3 is 2.05 bits per heavy atom. The number of nitrogens with zero attached hydrogens (tertiary/aromatic N) is 2. The maximum Gasteiger partial charge on any atom is 0.409 e. The lowest BCUT2D eigenvalue weighted by Crippen LogP contribution is -2.50. The van der Waals surface area contributed by atoms with Gasteiger partial charge in [-0.2, -0.15) is 0 Å². The Hall–Kier alpha value is -3.65. The fourth-order valence-electron chi connectivity index (χ4n) is 4.87. The van der Waals surface area contributed by atoms with Crippen molar-refractivity contribution in [1.82, 2.24) is 9.80 Å². The number of carbonyl (C=O) groups excluding carboxylic acids is 1. The fraction of sp³-hybridized carbons (Fsp3) is 0.414. The number of hydrogen-bond donors (Lipinski definition) is 2. The van der Waals surface area contributed by atoms with Gasteiger partial charge in [0.25, 0.3) is 0 Å². The lowest BCUT2D eigenvalue weighted by atomic mass is 9.92. The second-order valence-corrected chi connectivity index (χ2v) is 9.13. The van der Waals surface area contributed by atoms with Crippen LogP contribution in [0.25, 0.3) is 0 Å². The number of carboxylic acids is 2. The summed E-state index contributed by atoms with van der Waals surface area (Å²) >= 11 is 0. The Balaban J connectivity index is 0.000000414. The first-order valence-electron chi connectivity index (χ1n) is 12.9. The summed E-state index contributed by atoms with van der Waals surface area (Å²) in [4.78, 5) is 35.5. The van der Waals surface area contributed by atoms with Crippen molar-refractivity contribution in [2.75, 3.05) is 32.8 Å². The molecular formula is C29H36N2O6. The van der Waals surface area contributed by atoms with E-state index in [4.69, 9.17) is 14.9 Å². The quantitative estimate of drug-likeness (QED) is 0.436. The highest BCUT2D eigenvalue weighted by Gasteiger charge is 2.29. The summed E-state index contributed by atoms with van der Waals surface area (Å²) in [7, 11) is 0. The maximum atomic E-state index is 12.1. The van der Waals surface area contributed by atoms with Crippen LogP contribution in [0.3, 0.4) is 0 Å². The predicted molar refractivity (Wildman–Crippen MR) is 141 cm³/mol. The van der Waals surface area contributed by atoms with Gasteiger partial charge < -0.3 is 19.8 Å². The third-order valence-corrected chi connectivity index (χ3v) is 6.63. The third-order valence-electron chi connectivity index (χ3n) is 6.63. The van der Waals surface area contributed by atoms with E-state index in [1.807, 2.05) is 11.8 Å².